The van der Waals surface area contributed by atoms with Crippen molar-refractivity contribution in [3.05, 3.63) is 29.8 Å². The van der Waals surface area contributed by atoms with Crippen LogP contribution in [0.3, 0.4) is 0 Å². The minimum Gasteiger partial charge on any atom is -0.492 e. The van der Waals surface area contributed by atoms with E-state index in [0.29, 0.717) is 12.2 Å². The zero-order chi connectivity index (χ0) is 11.5. The number of hydrogen-bond donors (Lipinski definition) is 1. The minimum atomic E-state index is -0.348. The first-order chi connectivity index (χ1) is 6.88. The van der Waals surface area contributed by atoms with Crippen LogP contribution in [0.15, 0.2) is 24.3 Å². The van der Waals surface area contributed by atoms with E-state index in [0.717, 1.165) is 5.75 Å². The molecule has 0 amide bonds. The lowest BCUT2D eigenvalue weighted by molar-refractivity contribution is 0.101. The van der Waals surface area contributed by atoms with Crippen LogP contribution >= 0.6 is 0 Å². The van der Waals surface area contributed by atoms with E-state index in [-0.39, 0.29) is 11.3 Å². The molecule has 0 atom stereocenters. The van der Waals surface area contributed by atoms with Gasteiger partial charge in [0.05, 0.1) is 0 Å². The van der Waals surface area contributed by atoms with Gasteiger partial charge in [0.2, 0.25) is 0 Å². The number of ether oxygens (including phenoxy) is 1. The van der Waals surface area contributed by atoms with Gasteiger partial charge in [0.1, 0.15) is 12.4 Å². The molecular weight excluding hydrogens is 190 g/mol. The highest BCUT2D eigenvalue weighted by Gasteiger charge is 2.11. The summed E-state index contributed by atoms with van der Waals surface area (Å²) < 4.78 is 5.47. The van der Waals surface area contributed by atoms with Crippen LogP contribution < -0.4 is 10.5 Å². The van der Waals surface area contributed by atoms with Gasteiger partial charge in [-0.05, 0) is 45.0 Å². The van der Waals surface area contributed by atoms with Crippen molar-refractivity contribution in [2.75, 3.05) is 6.61 Å². The summed E-state index contributed by atoms with van der Waals surface area (Å²) in [6, 6.07) is 7.06. The summed E-state index contributed by atoms with van der Waals surface area (Å²) in [5.41, 5.74) is 6.12. The van der Waals surface area contributed by atoms with Gasteiger partial charge in [-0.3, -0.25) is 4.79 Å². The molecule has 0 bridgehead atoms. The molecule has 1 aromatic carbocycles. The third-order valence-electron chi connectivity index (χ3n) is 1.87. The average molecular weight is 207 g/mol. The van der Waals surface area contributed by atoms with E-state index in [9.17, 15) is 4.79 Å². The van der Waals surface area contributed by atoms with Gasteiger partial charge in [0, 0.05) is 11.1 Å². The number of Topliss-reactive ketones (excluding diaryl/α,β-unsaturated/α-hetero) is 1. The van der Waals surface area contributed by atoms with Crippen LogP contribution in [0.1, 0.15) is 31.1 Å². The molecule has 2 N–H and O–H groups in total. The topological polar surface area (TPSA) is 52.3 Å². The van der Waals surface area contributed by atoms with Crippen LogP contribution in [-0.2, 0) is 0 Å². The van der Waals surface area contributed by atoms with Crippen molar-refractivity contribution < 1.29 is 9.53 Å². The summed E-state index contributed by atoms with van der Waals surface area (Å²) in [5, 5.41) is 0. The van der Waals surface area contributed by atoms with Gasteiger partial charge in [-0.15, -0.1) is 0 Å². The van der Waals surface area contributed by atoms with E-state index in [4.69, 9.17) is 10.5 Å². The van der Waals surface area contributed by atoms with Gasteiger partial charge in [0.15, 0.2) is 5.78 Å². The summed E-state index contributed by atoms with van der Waals surface area (Å²) >= 11 is 0. The largest absolute Gasteiger partial charge is 0.492 e. The van der Waals surface area contributed by atoms with Gasteiger partial charge in [-0.25, -0.2) is 0 Å². The molecule has 0 aliphatic carbocycles. The second-order valence-electron chi connectivity index (χ2n) is 4.36. The Hall–Kier alpha value is -1.35. The van der Waals surface area contributed by atoms with Crippen LogP contribution in [0.25, 0.3) is 0 Å². The highest BCUT2D eigenvalue weighted by atomic mass is 16.5. The summed E-state index contributed by atoms with van der Waals surface area (Å²) in [4.78, 5) is 11.0. The normalized spacial score (nSPS) is 11.2. The van der Waals surface area contributed by atoms with Crippen LogP contribution in [0.2, 0.25) is 0 Å². The van der Waals surface area contributed by atoms with E-state index in [1.807, 2.05) is 13.8 Å². The van der Waals surface area contributed by atoms with E-state index in [1.54, 1.807) is 31.2 Å². The highest BCUT2D eigenvalue weighted by Crippen LogP contribution is 2.13. The van der Waals surface area contributed by atoms with Gasteiger partial charge in [-0.2, -0.15) is 0 Å². The fourth-order valence-electron chi connectivity index (χ4n) is 1.06. The standard InChI is InChI=1S/C12H17NO2/c1-9(14)10-4-6-11(7-5-10)15-8-12(2,3)13/h4-7H,8,13H2,1-3H3. The first-order valence-electron chi connectivity index (χ1n) is 4.91. The Morgan fingerprint density at radius 2 is 1.87 bits per heavy atom. The Labute approximate surface area is 90.2 Å². The first kappa shape index (κ1) is 11.7. The Bertz CT molecular complexity index is 336. The van der Waals surface area contributed by atoms with E-state index in [2.05, 4.69) is 0 Å². The van der Waals surface area contributed by atoms with Gasteiger partial charge in [-0.1, -0.05) is 0 Å². The maximum Gasteiger partial charge on any atom is 0.159 e. The second-order valence-corrected chi connectivity index (χ2v) is 4.36. The minimum absolute atomic E-state index is 0.0562. The van der Waals surface area contributed by atoms with Crippen molar-refractivity contribution in [2.45, 2.75) is 26.3 Å². The predicted molar refractivity (Wildman–Crippen MR) is 60.2 cm³/mol. The fourth-order valence-corrected chi connectivity index (χ4v) is 1.06. The summed E-state index contributed by atoms with van der Waals surface area (Å²) in [6.45, 7) is 5.79. The molecule has 0 radical (unpaired) electrons. The molecule has 0 unspecified atom stereocenters. The maximum atomic E-state index is 11.0. The predicted octanol–water partition coefficient (Wildman–Crippen LogP) is 2.01. The number of carbonyl (C=O) groups excluding carboxylic acids is 1. The van der Waals surface area contributed by atoms with Crippen LogP contribution in [0.5, 0.6) is 5.75 Å². The Morgan fingerprint density at radius 1 is 1.33 bits per heavy atom. The molecule has 1 aromatic rings. The van der Waals surface area contributed by atoms with Crippen LogP contribution in [0.4, 0.5) is 0 Å². The van der Waals surface area contributed by atoms with Crippen molar-refractivity contribution in [1.29, 1.82) is 0 Å². The molecule has 0 spiro atoms. The molecule has 0 aliphatic rings. The smallest absolute Gasteiger partial charge is 0.159 e. The van der Waals surface area contributed by atoms with Gasteiger partial charge in [0.25, 0.3) is 0 Å². The first-order valence-corrected chi connectivity index (χ1v) is 4.91. The van der Waals surface area contributed by atoms with Crippen molar-refractivity contribution >= 4 is 5.78 Å². The van der Waals surface area contributed by atoms with Crippen LogP contribution in [0, 0.1) is 0 Å². The van der Waals surface area contributed by atoms with Crippen molar-refractivity contribution in [3.63, 3.8) is 0 Å². The third kappa shape index (κ3) is 4.13. The summed E-state index contributed by atoms with van der Waals surface area (Å²) in [7, 11) is 0. The molecule has 15 heavy (non-hydrogen) atoms. The molecule has 0 fully saturated rings. The highest BCUT2D eigenvalue weighted by molar-refractivity contribution is 5.94. The number of carbonyl (C=O) groups is 1. The Morgan fingerprint density at radius 3 is 2.27 bits per heavy atom. The SMILES string of the molecule is CC(=O)c1ccc(OCC(C)(C)N)cc1. The maximum absolute atomic E-state index is 11.0. The van der Waals surface area contributed by atoms with Crippen molar-refractivity contribution in [3.8, 4) is 5.75 Å². The van der Waals surface area contributed by atoms with E-state index >= 15 is 0 Å². The molecule has 0 aromatic heterocycles. The summed E-state index contributed by atoms with van der Waals surface area (Å²) in [5.74, 6) is 0.791. The quantitative estimate of drug-likeness (QED) is 0.768. The molecule has 0 aliphatic heterocycles. The lowest BCUT2D eigenvalue weighted by Crippen LogP contribution is -2.38. The molecule has 0 saturated carbocycles. The van der Waals surface area contributed by atoms with E-state index in [1.165, 1.54) is 0 Å². The fraction of sp³-hybridized carbons (Fsp3) is 0.417. The molecule has 0 heterocycles. The summed E-state index contributed by atoms with van der Waals surface area (Å²) in [6.07, 6.45) is 0. The van der Waals surface area contributed by atoms with Gasteiger partial charge < -0.3 is 10.5 Å². The Balaban J connectivity index is 2.61. The second kappa shape index (κ2) is 4.45. The lowest BCUT2D eigenvalue weighted by atomic mass is 10.1. The zero-order valence-corrected chi connectivity index (χ0v) is 9.41. The monoisotopic (exact) mass is 207 g/mol. The molecule has 0 saturated heterocycles. The number of hydrogen-bond acceptors (Lipinski definition) is 3. The zero-order valence-electron chi connectivity index (χ0n) is 9.41. The molecule has 3 heteroatoms. The van der Waals surface area contributed by atoms with E-state index < -0.39 is 0 Å². The number of ketones is 1. The molecule has 3 nitrogen and oxygen atoms in total. The number of benzene rings is 1. The Kier molecular flexibility index (Phi) is 3.48. The molecule has 82 valence electrons. The number of nitrogens with two attached hydrogens (primary N) is 1. The van der Waals surface area contributed by atoms with Crippen LogP contribution in [-0.4, -0.2) is 17.9 Å². The molecular formula is C12H17NO2. The van der Waals surface area contributed by atoms with Crippen molar-refractivity contribution in [2.24, 2.45) is 5.73 Å². The lowest BCUT2D eigenvalue weighted by Gasteiger charge is -2.18. The van der Waals surface area contributed by atoms with Crippen molar-refractivity contribution in [1.82, 2.24) is 0 Å². The molecule has 1 rings (SSSR count). The third-order valence-corrected chi connectivity index (χ3v) is 1.87. The average Bonchev–Trinajstić information content (AvgIpc) is 2.14. The number of rotatable bonds is 4. The van der Waals surface area contributed by atoms with Gasteiger partial charge >= 0.3 is 0 Å².